The van der Waals surface area contributed by atoms with E-state index in [1.807, 2.05) is 0 Å². The van der Waals surface area contributed by atoms with Crippen molar-refractivity contribution in [1.82, 2.24) is 19.9 Å². The highest BCUT2D eigenvalue weighted by Gasteiger charge is 2.52. The van der Waals surface area contributed by atoms with E-state index in [-0.39, 0.29) is 17.2 Å². The first-order chi connectivity index (χ1) is 14.0. The summed E-state index contributed by atoms with van der Waals surface area (Å²) in [7, 11) is -4.95. The number of aromatic amines is 1. The SMILES string of the molecule is CC(C)C(=O)C(O)(OP(=O)(O)c1ccoc1-c1ncc2[nH]cnc2n1)C(=O)C(C)C. The average molecular weight is 436 g/mol. The molecule has 0 fully saturated rings. The number of fused-ring (bicyclic) bond motifs is 1. The van der Waals surface area contributed by atoms with Crippen molar-refractivity contribution in [2.24, 2.45) is 11.8 Å². The lowest BCUT2D eigenvalue weighted by Gasteiger charge is -2.29. The molecule has 0 aliphatic rings. The molecule has 0 saturated carbocycles. The average Bonchev–Trinajstić information content (AvgIpc) is 3.34. The second-order valence-electron chi connectivity index (χ2n) is 7.26. The maximum Gasteiger partial charge on any atom is 0.366 e. The van der Waals surface area contributed by atoms with Gasteiger partial charge >= 0.3 is 7.60 Å². The van der Waals surface area contributed by atoms with Gasteiger partial charge in [0, 0.05) is 11.8 Å². The highest BCUT2D eigenvalue weighted by molar-refractivity contribution is 7.61. The van der Waals surface area contributed by atoms with Gasteiger partial charge in [0.15, 0.2) is 17.2 Å². The van der Waals surface area contributed by atoms with Gasteiger partial charge in [-0.15, -0.1) is 0 Å². The van der Waals surface area contributed by atoms with Crippen LogP contribution in [-0.4, -0.2) is 47.3 Å². The van der Waals surface area contributed by atoms with E-state index in [1.165, 1.54) is 40.2 Å². The van der Waals surface area contributed by atoms with Crippen LogP contribution in [0.25, 0.3) is 22.7 Å². The Labute approximate surface area is 171 Å². The summed E-state index contributed by atoms with van der Waals surface area (Å²) < 4.78 is 23.3. The Morgan fingerprint density at radius 2 is 1.83 bits per heavy atom. The van der Waals surface area contributed by atoms with Gasteiger partial charge < -0.3 is 19.4 Å². The van der Waals surface area contributed by atoms with Crippen LogP contribution in [0.5, 0.6) is 0 Å². The van der Waals surface area contributed by atoms with Crippen LogP contribution < -0.4 is 5.30 Å². The third kappa shape index (κ3) is 3.84. The van der Waals surface area contributed by atoms with Crippen molar-refractivity contribution in [3.8, 4) is 11.6 Å². The van der Waals surface area contributed by atoms with E-state index in [0.717, 1.165) is 12.3 Å². The number of aromatic nitrogens is 4. The third-order valence-corrected chi connectivity index (χ3v) is 5.77. The predicted octanol–water partition coefficient (Wildman–Crippen LogP) is 1.58. The maximum atomic E-state index is 13.1. The number of carbonyl (C=O) groups is 2. The molecule has 0 radical (unpaired) electrons. The number of Topliss-reactive ketones (excluding diaryl/α,β-unsaturated/α-hetero) is 2. The molecule has 0 bridgehead atoms. The normalized spacial score (nSPS) is 14.4. The number of carbonyl (C=O) groups excluding carboxylic acids is 2. The molecule has 30 heavy (non-hydrogen) atoms. The molecule has 0 aliphatic heterocycles. The van der Waals surface area contributed by atoms with E-state index in [1.54, 1.807) is 0 Å². The van der Waals surface area contributed by atoms with Gasteiger partial charge in [0.05, 0.1) is 18.8 Å². The summed E-state index contributed by atoms with van der Waals surface area (Å²) in [6.07, 6.45) is 3.91. The molecule has 3 rings (SSSR count). The number of nitrogens with zero attached hydrogens (tertiary/aromatic N) is 3. The molecule has 1 unspecified atom stereocenters. The number of aliphatic hydroxyl groups is 1. The Hall–Kier alpha value is -2.72. The maximum absolute atomic E-state index is 13.1. The zero-order valence-electron chi connectivity index (χ0n) is 16.7. The summed E-state index contributed by atoms with van der Waals surface area (Å²) >= 11 is 0. The summed E-state index contributed by atoms with van der Waals surface area (Å²) in [5, 5.41) is 10.4. The van der Waals surface area contributed by atoms with E-state index in [9.17, 15) is 24.2 Å². The molecule has 11 nitrogen and oxygen atoms in total. The standard InChI is InChI=1S/C18H21N4O7P/c1-9(2)14(23)18(25,15(24)10(3)4)29-30(26,27)12-5-6-28-13(12)17-19-7-11-16(22-17)21-8-20-11/h5-10,25H,1-4H3,(H,26,27)(H,19,20,21,22). The molecule has 0 aliphatic carbocycles. The third-order valence-electron chi connectivity index (χ3n) is 4.30. The van der Waals surface area contributed by atoms with Crippen LogP contribution in [0, 0.1) is 11.8 Å². The van der Waals surface area contributed by atoms with Gasteiger partial charge in [0.1, 0.15) is 10.8 Å². The number of imidazole rings is 1. The zero-order chi connectivity index (χ0) is 22.3. The largest absolute Gasteiger partial charge is 0.460 e. The smallest absolute Gasteiger partial charge is 0.366 e. The Morgan fingerprint density at radius 1 is 1.20 bits per heavy atom. The van der Waals surface area contributed by atoms with Gasteiger partial charge in [-0.25, -0.2) is 15.0 Å². The van der Waals surface area contributed by atoms with E-state index in [4.69, 9.17) is 8.94 Å². The number of furan rings is 1. The second kappa shape index (κ2) is 7.84. The lowest BCUT2D eigenvalue weighted by molar-refractivity contribution is -0.187. The van der Waals surface area contributed by atoms with Gasteiger partial charge in [-0.2, -0.15) is 0 Å². The van der Waals surface area contributed by atoms with Crippen LogP contribution in [0.1, 0.15) is 27.7 Å². The summed E-state index contributed by atoms with van der Waals surface area (Å²) in [5.74, 6) is -7.14. The fourth-order valence-electron chi connectivity index (χ4n) is 2.76. The van der Waals surface area contributed by atoms with Gasteiger partial charge in [-0.3, -0.25) is 18.7 Å². The van der Waals surface area contributed by atoms with Crippen molar-refractivity contribution in [2.45, 2.75) is 33.5 Å². The lowest BCUT2D eigenvalue weighted by Crippen LogP contribution is -2.52. The Bertz CT molecular complexity index is 1130. The van der Waals surface area contributed by atoms with Gasteiger partial charge in [-0.1, -0.05) is 27.7 Å². The van der Waals surface area contributed by atoms with Gasteiger partial charge in [0.2, 0.25) is 11.6 Å². The number of hydrogen-bond donors (Lipinski definition) is 3. The van der Waals surface area contributed by atoms with Crippen molar-refractivity contribution < 1.29 is 33.1 Å². The number of rotatable bonds is 8. The fourth-order valence-corrected chi connectivity index (χ4v) is 4.06. The molecular formula is C18H21N4O7P. The molecule has 3 aromatic heterocycles. The fraction of sp³-hybridized carbons (Fsp3) is 0.389. The van der Waals surface area contributed by atoms with Gasteiger partial charge in [0.25, 0.3) is 5.79 Å². The van der Waals surface area contributed by atoms with Gasteiger partial charge in [-0.05, 0) is 6.07 Å². The van der Waals surface area contributed by atoms with Crippen LogP contribution in [0.2, 0.25) is 0 Å². The van der Waals surface area contributed by atoms with E-state index in [0.29, 0.717) is 5.52 Å². The van der Waals surface area contributed by atoms with Crippen molar-refractivity contribution >= 4 is 35.6 Å². The number of hydrogen-bond acceptors (Lipinski definition) is 9. The summed E-state index contributed by atoms with van der Waals surface area (Å²) in [4.78, 5) is 50.7. The summed E-state index contributed by atoms with van der Waals surface area (Å²) in [6.45, 7) is 5.73. The van der Waals surface area contributed by atoms with Crippen molar-refractivity contribution in [1.29, 1.82) is 0 Å². The molecule has 0 aromatic carbocycles. The minimum absolute atomic E-state index is 0.0682. The second-order valence-corrected chi connectivity index (χ2v) is 8.97. The molecule has 12 heteroatoms. The minimum atomic E-state index is -4.95. The minimum Gasteiger partial charge on any atom is -0.460 e. The number of H-pyrrole nitrogens is 1. The molecule has 1 atom stereocenters. The van der Waals surface area contributed by atoms with E-state index < -0.39 is 42.1 Å². The molecule has 0 spiro atoms. The lowest BCUT2D eigenvalue weighted by atomic mass is 9.92. The van der Waals surface area contributed by atoms with Crippen LogP contribution in [-0.2, 0) is 18.7 Å². The first kappa shape index (κ1) is 22.0. The van der Waals surface area contributed by atoms with E-state index >= 15 is 0 Å². The van der Waals surface area contributed by atoms with Crippen molar-refractivity contribution in [2.75, 3.05) is 0 Å². The van der Waals surface area contributed by atoms with E-state index in [2.05, 4.69) is 19.9 Å². The Balaban J connectivity index is 2.05. The summed E-state index contributed by atoms with van der Waals surface area (Å²) in [6, 6.07) is 1.12. The molecule has 3 N–H and O–H groups in total. The summed E-state index contributed by atoms with van der Waals surface area (Å²) in [5.41, 5.74) is 0.826. The number of ketones is 2. The zero-order valence-corrected chi connectivity index (χ0v) is 17.6. The van der Waals surface area contributed by atoms with Crippen LogP contribution in [0.3, 0.4) is 0 Å². The highest BCUT2D eigenvalue weighted by Crippen LogP contribution is 2.48. The first-order valence-electron chi connectivity index (χ1n) is 9.06. The van der Waals surface area contributed by atoms with Crippen LogP contribution in [0.4, 0.5) is 0 Å². The molecule has 3 aromatic rings. The van der Waals surface area contributed by atoms with Crippen LogP contribution >= 0.6 is 7.60 Å². The molecule has 160 valence electrons. The molecule has 3 heterocycles. The predicted molar refractivity (Wildman–Crippen MR) is 105 cm³/mol. The van der Waals surface area contributed by atoms with Crippen molar-refractivity contribution in [3.63, 3.8) is 0 Å². The van der Waals surface area contributed by atoms with Crippen LogP contribution in [0.15, 0.2) is 29.3 Å². The monoisotopic (exact) mass is 436 g/mol. The quantitative estimate of drug-likeness (QED) is 0.268. The highest BCUT2D eigenvalue weighted by atomic mass is 31.2. The molecule has 0 saturated heterocycles. The molecular weight excluding hydrogens is 415 g/mol. The van der Waals surface area contributed by atoms with Crippen molar-refractivity contribution in [3.05, 3.63) is 24.9 Å². The topological polar surface area (TPSA) is 168 Å². The molecule has 0 amide bonds. The first-order valence-corrected chi connectivity index (χ1v) is 10.6. The Morgan fingerprint density at radius 3 is 2.43 bits per heavy atom. The Kier molecular flexibility index (Phi) is 5.74. The number of nitrogens with one attached hydrogen (secondary N) is 1.